The maximum atomic E-state index is 15.4. The van der Waals surface area contributed by atoms with Crippen molar-refractivity contribution < 1.29 is 67.7 Å². The number of amidine groups is 1. The molecule has 6 aliphatic heterocycles. The van der Waals surface area contributed by atoms with Gasteiger partial charge >= 0.3 is 11.9 Å². The first-order chi connectivity index (χ1) is 37.4. The number of hydrogen-bond donors (Lipinski definition) is 5. The minimum Gasteiger partial charge on any atom is -0.478 e. The van der Waals surface area contributed by atoms with Crippen molar-refractivity contribution in [2.75, 3.05) is 0 Å². The van der Waals surface area contributed by atoms with Crippen molar-refractivity contribution in [1.82, 2.24) is 5.32 Å². The zero-order valence-electron chi connectivity index (χ0n) is 46.4. The molecule has 1 spiro atoms. The molecule has 3 saturated heterocycles. The van der Waals surface area contributed by atoms with E-state index in [1.54, 1.807) is 44.2 Å². The zero-order chi connectivity index (χ0) is 56.2. The standard InChI is InChI=1S/C60H77ClN4O14/c1-9-32-24-57(6)25-38(55(69)70)28(2)23-60(57)26-39(54(68)65-60)51(67)59(8)33(19-43(32)66)13-15-35-40(59)11-10-12-45(35)77-47-18-17-44(29(3)73-47)76-49-27-58(7,72)52(31(5)75-49)79-48-22-46(50(62)30(4)74-48)78-56(71)42-21-37-36-20-34(61)14-16-41(36)63-53(37)64-42/h13-16,20-21,25-26,28-33,35,40,43-50,52,66,72H,9-12,17-19,22-24,27,62H2,1-8H3,(H,65,68)(H,69,70). The number of carboxylic acids is 1. The number of ether oxygens (including phenoxy) is 7. The van der Waals surface area contributed by atoms with E-state index >= 15 is 4.79 Å². The number of benzene rings is 1. The van der Waals surface area contributed by atoms with Gasteiger partial charge in [-0.1, -0.05) is 70.4 Å². The Labute approximate surface area is 466 Å². The van der Waals surface area contributed by atoms with Crippen molar-refractivity contribution in [3.8, 4) is 0 Å². The van der Waals surface area contributed by atoms with E-state index in [0.717, 1.165) is 30.5 Å². The molecule has 18 nitrogen and oxygen atoms in total. The summed E-state index contributed by atoms with van der Waals surface area (Å²) in [5.41, 5.74) is 4.90. The molecule has 6 N–H and O–H groups in total. The number of amides is 1. The van der Waals surface area contributed by atoms with Gasteiger partial charge < -0.3 is 59.5 Å². The number of carbonyl (C=O) groups excluding carboxylic acids is 3. The number of aliphatic carboxylic acids is 1. The van der Waals surface area contributed by atoms with Crippen LogP contribution in [0.3, 0.4) is 0 Å². The minimum absolute atomic E-state index is 0.0881. The summed E-state index contributed by atoms with van der Waals surface area (Å²) in [6, 6.07) is 4.68. The zero-order valence-corrected chi connectivity index (χ0v) is 47.1. The van der Waals surface area contributed by atoms with Crippen LogP contribution in [0.25, 0.3) is 5.57 Å². The number of aliphatic hydroxyl groups excluding tert-OH is 1. The van der Waals surface area contributed by atoms with E-state index in [1.807, 2.05) is 47.6 Å². The number of nitrogens with two attached hydrogens (primary N) is 1. The third kappa shape index (κ3) is 10.0. The molecule has 21 unspecified atom stereocenters. The Hall–Kier alpha value is -4.47. The molecule has 11 rings (SSSR count). The van der Waals surface area contributed by atoms with Crippen molar-refractivity contribution in [3.63, 3.8) is 0 Å². The Kier molecular flexibility index (Phi) is 15.0. The highest BCUT2D eigenvalue weighted by molar-refractivity contribution is 6.53. The molecule has 0 radical (unpaired) electrons. The van der Waals surface area contributed by atoms with Gasteiger partial charge in [-0.05, 0) is 120 Å². The number of rotatable bonds is 10. The number of carbonyl (C=O) groups is 4. The second-order valence-corrected chi connectivity index (χ2v) is 25.5. The first-order valence-corrected chi connectivity index (χ1v) is 29.0. The maximum Gasteiger partial charge on any atom is 0.357 e. The third-order valence-electron chi connectivity index (χ3n) is 19.8. The van der Waals surface area contributed by atoms with Crippen molar-refractivity contribution >= 4 is 58.0 Å². The molecule has 10 aliphatic rings. The number of nitrogens with one attached hydrogen (secondary N) is 1. The van der Waals surface area contributed by atoms with Gasteiger partial charge in [-0.2, -0.15) is 0 Å². The number of ketones is 1. The van der Waals surface area contributed by atoms with E-state index in [4.69, 9.17) is 50.5 Å². The molecule has 2 bridgehead atoms. The van der Waals surface area contributed by atoms with Crippen LogP contribution in [-0.4, -0.2) is 135 Å². The SMILES string of the molecule is CCC1CC2(C)C=C(C(=O)O)C(C)CC23C=C(C(=O)N3)C(=O)C2(C)C(C=CC3C(OC4CCC(OC5CC(C)(O)C(OC6CC(OC(=O)C7=NC8=Nc9ccc(Cl)cc9C8=C7)C(N)C(C)O6)C(C)O5)C(C)O4)CCCC32)CC1O. The van der Waals surface area contributed by atoms with Crippen LogP contribution >= 0.6 is 11.6 Å². The molecule has 19 heteroatoms. The van der Waals surface area contributed by atoms with Crippen molar-refractivity contribution in [1.29, 1.82) is 0 Å². The van der Waals surface area contributed by atoms with Gasteiger partial charge in [0, 0.05) is 57.7 Å². The van der Waals surface area contributed by atoms with Crippen LogP contribution in [0.2, 0.25) is 5.02 Å². The maximum absolute atomic E-state index is 15.4. The molecule has 1 amide bonds. The van der Waals surface area contributed by atoms with Crippen LogP contribution in [0.15, 0.2) is 69.7 Å². The minimum atomic E-state index is -1.42. The average Bonchev–Trinajstić information content (AvgIpc) is 3.81. The smallest absolute Gasteiger partial charge is 0.357 e. The first kappa shape index (κ1) is 56.4. The number of fused-ring (bicyclic) bond motifs is 6. The fourth-order valence-electron chi connectivity index (χ4n) is 15.3. The molecule has 1 saturated carbocycles. The molecule has 4 aliphatic carbocycles. The van der Waals surface area contributed by atoms with Gasteiger partial charge in [0.1, 0.15) is 12.2 Å². The molecule has 1 aromatic carbocycles. The van der Waals surface area contributed by atoms with Gasteiger partial charge in [0.2, 0.25) is 0 Å². The normalized spacial score (nSPS) is 44.5. The second kappa shape index (κ2) is 21.1. The lowest BCUT2D eigenvalue weighted by Crippen LogP contribution is -2.60. The quantitative estimate of drug-likeness (QED) is 0.0871. The molecule has 428 valence electrons. The lowest BCUT2D eigenvalue weighted by molar-refractivity contribution is -0.339. The van der Waals surface area contributed by atoms with Crippen LogP contribution in [0.5, 0.6) is 0 Å². The lowest BCUT2D eigenvalue weighted by atomic mass is 9.52. The molecule has 79 heavy (non-hydrogen) atoms. The Morgan fingerprint density at radius 2 is 1.59 bits per heavy atom. The van der Waals surface area contributed by atoms with E-state index in [9.17, 15) is 29.7 Å². The highest BCUT2D eigenvalue weighted by Gasteiger charge is 2.61. The number of aliphatic imine (C=N–C) groups is 2. The van der Waals surface area contributed by atoms with E-state index in [-0.39, 0.29) is 77.3 Å². The molecular weight excluding hydrogens is 1040 g/mol. The summed E-state index contributed by atoms with van der Waals surface area (Å²) < 4.78 is 45.0. The predicted molar refractivity (Wildman–Crippen MR) is 291 cm³/mol. The van der Waals surface area contributed by atoms with Gasteiger partial charge in [-0.3, -0.25) is 9.59 Å². The summed E-state index contributed by atoms with van der Waals surface area (Å²) in [4.78, 5) is 64.6. The van der Waals surface area contributed by atoms with Crippen LogP contribution in [0, 0.1) is 40.4 Å². The van der Waals surface area contributed by atoms with Crippen LogP contribution < -0.4 is 11.1 Å². The van der Waals surface area contributed by atoms with E-state index < -0.39 is 101 Å². The topological polar surface area (TPSA) is 256 Å². The number of halogens is 1. The Bertz CT molecular complexity index is 2850. The van der Waals surface area contributed by atoms with Crippen molar-refractivity contribution in [2.24, 2.45) is 56.1 Å². The summed E-state index contributed by atoms with van der Waals surface area (Å²) in [7, 11) is 0. The van der Waals surface area contributed by atoms with Gasteiger partial charge in [0.25, 0.3) is 5.91 Å². The molecule has 4 fully saturated rings. The molecular formula is C60H77ClN4O14. The Morgan fingerprint density at radius 3 is 2.33 bits per heavy atom. The Balaban J connectivity index is 0.714. The lowest BCUT2D eigenvalue weighted by Gasteiger charge is -2.53. The third-order valence-corrected chi connectivity index (χ3v) is 20.1. The van der Waals surface area contributed by atoms with Crippen LogP contribution in [0.4, 0.5) is 5.69 Å². The van der Waals surface area contributed by atoms with E-state index in [2.05, 4.69) is 27.5 Å². The van der Waals surface area contributed by atoms with E-state index in [1.165, 1.54) is 0 Å². The van der Waals surface area contributed by atoms with Crippen molar-refractivity contribution in [3.05, 3.63) is 70.3 Å². The van der Waals surface area contributed by atoms with Gasteiger partial charge in [0.05, 0.1) is 65.1 Å². The number of allylic oxidation sites excluding steroid dienone is 1. The molecule has 1 aromatic rings. The number of carboxylic acid groups (broad SMARTS) is 1. The average molecular weight is 1110 g/mol. The fraction of sp³-hybridized carbons (Fsp3) is 0.667. The monoisotopic (exact) mass is 1110 g/mol. The summed E-state index contributed by atoms with van der Waals surface area (Å²) in [5.74, 6) is -3.21. The number of Topliss-reactive ketones (excluding diaryl/α,β-unsaturated/α-hetero) is 1. The van der Waals surface area contributed by atoms with Gasteiger partial charge in [0.15, 0.2) is 36.2 Å². The fourth-order valence-corrected chi connectivity index (χ4v) is 15.5. The number of hydrogen-bond acceptors (Lipinski definition) is 16. The summed E-state index contributed by atoms with van der Waals surface area (Å²) >= 11 is 6.23. The van der Waals surface area contributed by atoms with Crippen LogP contribution in [0.1, 0.15) is 132 Å². The van der Waals surface area contributed by atoms with Crippen LogP contribution in [-0.2, 0) is 52.3 Å². The van der Waals surface area contributed by atoms with Gasteiger partial charge in [-0.15, -0.1) is 0 Å². The summed E-state index contributed by atoms with van der Waals surface area (Å²) in [6.07, 6.45) is 7.95. The molecule has 6 heterocycles. The van der Waals surface area contributed by atoms with E-state index in [0.29, 0.717) is 55.0 Å². The van der Waals surface area contributed by atoms with Crippen molar-refractivity contribution in [2.45, 2.75) is 211 Å². The van der Waals surface area contributed by atoms with Gasteiger partial charge in [-0.25, -0.2) is 19.6 Å². The predicted octanol–water partition coefficient (Wildman–Crippen LogP) is 7.37. The Morgan fingerprint density at radius 1 is 0.848 bits per heavy atom. The second-order valence-electron chi connectivity index (χ2n) is 25.1. The highest BCUT2D eigenvalue weighted by Crippen LogP contribution is 2.58. The highest BCUT2D eigenvalue weighted by atomic mass is 35.5. The number of aliphatic hydroxyl groups is 2. The number of esters is 1. The first-order valence-electron chi connectivity index (χ1n) is 28.6. The summed E-state index contributed by atoms with van der Waals surface area (Å²) in [6.45, 7) is 15.0. The summed E-state index contributed by atoms with van der Waals surface area (Å²) in [5, 5.41) is 38.1. The molecule has 0 aromatic heterocycles. The number of nitrogens with zero attached hydrogens (tertiary/aromatic N) is 2. The largest absolute Gasteiger partial charge is 0.478 e. The molecule has 21 atom stereocenters.